The molecule has 1 saturated carbocycles. The number of aromatic nitrogens is 1. The highest BCUT2D eigenvalue weighted by Crippen LogP contribution is 2.25. The van der Waals surface area contributed by atoms with E-state index in [1.54, 1.807) is 23.9 Å². The van der Waals surface area contributed by atoms with Gasteiger partial charge in [0.25, 0.3) is 0 Å². The van der Waals surface area contributed by atoms with Crippen molar-refractivity contribution in [2.45, 2.75) is 64.6 Å². The number of rotatable bonds is 9. The first-order valence-electron chi connectivity index (χ1n) is 12.0. The highest BCUT2D eigenvalue weighted by Gasteiger charge is 2.29. The third kappa shape index (κ3) is 6.76. The van der Waals surface area contributed by atoms with Gasteiger partial charge in [-0.25, -0.2) is 4.79 Å². The number of urea groups is 1. The predicted molar refractivity (Wildman–Crippen MR) is 133 cm³/mol. The fraction of sp³-hybridized carbons (Fsp3) is 0.538. The fourth-order valence-electron chi connectivity index (χ4n) is 4.59. The van der Waals surface area contributed by atoms with Crippen molar-refractivity contribution in [2.75, 3.05) is 27.2 Å². The van der Waals surface area contributed by atoms with Crippen LogP contribution in [0.3, 0.4) is 0 Å². The second kappa shape index (κ2) is 12.1. The Bertz CT molecular complexity index is 921. The Morgan fingerprint density at radius 1 is 1.06 bits per heavy atom. The second-order valence-corrected chi connectivity index (χ2v) is 9.54. The molecule has 6 nitrogen and oxygen atoms in total. The molecule has 1 heterocycles. The molecule has 1 aromatic heterocycles. The first-order chi connectivity index (χ1) is 15.9. The average Bonchev–Trinajstić information content (AvgIpc) is 3.25. The highest BCUT2D eigenvalue weighted by molar-refractivity contribution is 6.31. The van der Waals surface area contributed by atoms with Crippen molar-refractivity contribution in [3.8, 4) is 0 Å². The van der Waals surface area contributed by atoms with Gasteiger partial charge in [-0.2, -0.15) is 0 Å². The lowest BCUT2D eigenvalue weighted by Crippen LogP contribution is -2.49. The maximum absolute atomic E-state index is 13.6. The van der Waals surface area contributed by atoms with Crippen molar-refractivity contribution >= 4 is 23.5 Å². The molecule has 180 valence electrons. The van der Waals surface area contributed by atoms with Gasteiger partial charge in [-0.1, -0.05) is 56.0 Å². The van der Waals surface area contributed by atoms with Crippen LogP contribution in [0.5, 0.6) is 0 Å². The summed E-state index contributed by atoms with van der Waals surface area (Å²) < 4.78 is 2.17. The molecular formula is C26H37ClN4O2. The molecule has 33 heavy (non-hydrogen) atoms. The molecule has 0 spiro atoms. The molecule has 7 heteroatoms. The molecule has 0 unspecified atom stereocenters. The largest absolute Gasteiger partial charge is 0.345 e. The Balaban J connectivity index is 1.80. The van der Waals surface area contributed by atoms with E-state index >= 15 is 0 Å². The number of hydrogen-bond donors (Lipinski definition) is 0. The maximum atomic E-state index is 13.6. The van der Waals surface area contributed by atoms with Crippen molar-refractivity contribution in [3.63, 3.8) is 0 Å². The molecule has 2 aromatic rings. The summed E-state index contributed by atoms with van der Waals surface area (Å²) in [5.74, 6) is 0.0241. The summed E-state index contributed by atoms with van der Waals surface area (Å²) in [5, 5.41) is 0.745. The Morgan fingerprint density at radius 3 is 2.45 bits per heavy atom. The number of nitrogens with zero attached hydrogens (tertiary/aromatic N) is 4. The summed E-state index contributed by atoms with van der Waals surface area (Å²) in [7, 11) is 3.46. The minimum absolute atomic E-state index is 0.0241. The van der Waals surface area contributed by atoms with Crippen LogP contribution in [0.25, 0.3) is 0 Å². The van der Waals surface area contributed by atoms with Crippen molar-refractivity contribution in [2.24, 2.45) is 0 Å². The lowest BCUT2D eigenvalue weighted by Gasteiger charge is -2.36. The van der Waals surface area contributed by atoms with Crippen LogP contribution >= 0.6 is 11.6 Å². The molecule has 0 aliphatic heterocycles. The van der Waals surface area contributed by atoms with E-state index in [1.807, 2.05) is 48.4 Å². The van der Waals surface area contributed by atoms with Gasteiger partial charge in [-0.05, 0) is 43.0 Å². The normalized spacial score (nSPS) is 14.2. The van der Waals surface area contributed by atoms with Gasteiger partial charge >= 0.3 is 6.03 Å². The molecule has 0 radical (unpaired) electrons. The maximum Gasteiger partial charge on any atom is 0.319 e. The van der Waals surface area contributed by atoms with E-state index in [0.29, 0.717) is 19.6 Å². The Morgan fingerprint density at radius 2 is 1.79 bits per heavy atom. The van der Waals surface area contributed by atoms with Crippen LogP contribution in [0.1, 0.15) is 56.7 Å². The van der Waals surface area contributed by atoms with Gasteiger partial charge in [0.05, 0.1) is 6.54 Å². The molecule has 0 bridgehead atoms. The average molecular weight is 473 g/mol. The van der Waals surface area contributed by atoms with Crippen molar-refractivity contribution < 1.29 is 9.59 Å². The van der Waals surface area contributed by atoms with E-state index < -0.39 is 0 Å². The number of halogens is 1. The number of hydrogen-bond acceptors (Lipinski definition) is 2. The van der Waals surface area contributed by atoms with Crippen LogP contribution in [0.4, 0.5) is 4.79 Å². The van der Waals surface area contributed by atoms with Crippen LogP contribution in [-0.2, 0) is 17.9 Å². The molecule has 1 aliphatic carbocycles. The minimum atomic E-state index is -0.115. The zero-order valence-corrected chi connectivity index (χ0v) is 20.9. The Kier molecular flexibility index (Phi) is 9.24. The lowest BCUT2D eigenvalue weighted by atomic mass is 9.94. The smallest absolute Gasteiger partial charge is 0.319 e. The fourth-order valence-corrected chi connectivity index (χ4v) is 4.79. The second-order valence-electron chi connectivity index (χ2n) is 9.13. The zero-order valence-electron chi connectivity index (χ0n) is 20.2. The summed E-state index contributed by atoms with van der Waals surface area (Å²) in [5.41, 5.74) is 2.13. The molecule has 1 fully saturated rings. The molecule has 3 rings (SSSR count). The van der Waals surface area contributed by atoms with Crippen LogP contribution in [0, 0.1) is 0 Å². The number of carbonyl (C=O) groups excluding carboxylic acids is 2. The number of carbonyl (C=O) groups is 2. The van der Waals surface area contributed by atoms with E-state index in [2.05, 4.69) is 10.6 Å². The van der Waals surface area contributed by atoms with Crippen molar-refractivity contribution in [1.29, 1.82) is 0 Å². The van der Waals surface area contributed by atoms with E-state index in [0.717, 1.165) is 48.4 Å². The first kappa shape index (κ1) is 25.2. The summed E-state index contributed by atoms with van der Waals surface area (Å²) >= 11 is 6.39. The van der Waals surface area contributed by atoms with Gasteiger partial charge in [0, 0.05) is 50.1 Å². The minimum Gasteiger partial charge on any atom is -0.345 e. The predicted octanol–water partition coefficient (Wildman–Crippen LogP) is 5.24. The summed E-state index contributed by atoms with van der Waals surface area (Å²) in [4.78, 5) is 31.5. The van der Waals surface area contributed by atoms with Crippen LogP contribution in [0.2, 0.25) is 5.02 Å². The third-order valence-corrected chi connectivity index (χ3v) is 6.73. The molecule has 0 N–H and O–H groups in total. The van der Waals surface area contributed by atoms with Crippen molar-refractivity contribution in [1.82, 2.24) is 19.3 Å². The Hall–Kier alpha value is -2.47. The zero-order chi connectivity index (χ0) is 23.8. The van der Waals surface area contributed by atoms with Crippen LogP contribution in [0.15, 0.2) is 42.6 Å². The van der Waals surface area contributed by atoms with Gasteiger partial charge in [0.2, 0.25) is 5.91 Å². The topological polar surface area (TPSA) is 48.8 Å². The van der Waals surface area contributed by atoms with Crippen LogP contribution < -0.4 is 0 Å². The van der Waals surface area contributed by atoms with Crippen LogP contribution in [-0.4, -0.2) is 64.4 Å². The summed E-state index contributed by atoms with van der Waals surface area (Å²) in [6.07, 6.45) is 8.41. The summed E-state index contributed by atoms with van der Waals surface area (Å²) in [6, 6.07) is 12.1. The summed E-state index contributed by atoms with van der Waals surface area (Å²) in [6.45, 7) is 3.92. The monoisotopic (exact) mass is 472 g/mol. The van der Waals surface area contributed by atoms with E-state index in [4.69, 9.17) is 11.6 Å². The number of amides is 3. The third-order valence-electron chi connectivity index (χ3n) is 6.36. The molecule has 1 aliphatic rings. The van der Waals surface area contributed by atoms with Gasteiger partial charge in [-0.15, -0.1) is 0 Å². The number of benzene rings is 1. The molecule has 0 saturated heterocycles. The van der Waals surface area contributed by atoms with Gasteiger partial charge in [0.1, 0.15) is 6.54 Å². The molecule has 3 amide bonds. The van der Waals surface area contributed by atoms with E-state index in [1.165, 1.54) is 6.42 Å². The Labute approximate surface area is 203 Å². The van der Waals surface area contributed by atoms with Gasteiger partial charge in [-0.3, -0.25) is 4.79 Å². The SMILES string of the molecule is CCCN(CC(=O)N(Cc1cccn1Cc1ccccc1Cl)C1CCCCC1)C(=O)N(C)C. The van der Waals surface area contributed by atoms with Crippen molar-refractivity contribution in [3.05, 3.63) is 58.9 Å². The van der Waals surface area contributed by atoms with Gasteiger partial charge < -0.3 is 19.3 Å². The quantitative estimate of drug-likeness (QED) is 0.500. The molecule has 0 atom stereocenters. The highest BCUT2D eigenvalue weighted by atomic mass is 35.5. The lowest BCUT2D eigenvalue weighted by molar-refractivity contribution is -0.135. The van der Waals surface area contributed by atoms with Gasteiger partial charge in [0.15, 0.2) is 0 Å². The first-order valence-corrected chi connectivity index (χ1v) is 12.4. The molecule has 1 aromatic carbocycles. The standard InChI is InChI=1S/C26H37ClN4O2/c1-4-16-30(26(33)28(2)3)20-25(32)31(22-12-6-5-7-13-22)19-23-14-10-17-29(23)18-21-11-8-9-15-24(21)27/h8-11,14-15,17,22H,4-7,12-13,16,18-20H2,1-3H3. The van der Waals surface area contributed by atoms with E-state index in [9.17, 15) is 9.59 Å². The molecular weight excluding hydrogens is 436 g/mol. The van der Waals surface area contributed by atoms with E-state index in [-0.39, 0.29) is 24.5 Å².